The average molecular weight is 814 g/mol. The zero-order valence-corrected chi connectivity index (χ0v) is 26.8. The molecule has 0 radical (unpaired) electrons. The van der Waals surface area contributed by atoms with Gasteiger partial charge in [0.1, 0.15) is 11.5 Å². The van der Waals surface area contributed by atoms with Crippen LogP contribution >= 0.6 is 61.7 Å². The number of carbonyl (C=O) groups excluding carboxylic acids is 4. The number of ether oxygens (including phenoxy) is 1. The Morgan fingerprint density at radius 1 is 1.02 bits per heavy atom. The summed E-state index contributed by atoms with van der Waals surface area (Å²) in [5.74, 6) is -8.23. The van der Waals surface area contributed by atoms with Crippen LogP contribution in [-0.2, 0) is 19.2 Å². The third-order valence-corrected chi connectivity index (χ3v) is 11.3. The first-order valence-corrected chi connectivity index (χ1v) is 15.8. The van der Waals surface area contributed by atoms with Gasteiger partial charge in [0.25, 0.3) is 11.8 Å². The molecule has 0 aromatic heterocycles. The Kier molecular flexibility index (Phi) is 7.38. The summed E-state index contributed by atoms with van der Waals surface area (Å²) in [7, 11) is 0. The summed E-state index contributed by atoms with van der Waals surface area (Å²) in [6.07, 6.45) is -3.72. The van der Waals surface area contributed by atoms with E-state index in [1.807, 2.05) is 0 Å². The maximum atomic E-state index is 14.0. The summed E-state index contributed by atoms with van der Waals surface area (Å²) in [6, 6.07) is 9.48. The molecule has 6 atom stereocenters. The topological polar surface area (TPSA) is 104 Å². The summed E-state index contributed by atoms with van der Waals surface area (Å²) in [5.41, 5.74) is 0.144. The van der Waals surface area contributed by atoms with Crippen LogP contribution < -0.4 is 9.64 Å². The minimum atomic E-state index is -5.07. The predicted octanol–water partition coefficient (Wildman–Crippen LogP) is 5.81. The highest BCUT2D eigenvalue weighted by Gasteiger charge is 2.76. The van der Waals surface area contributed by atoms with Crippen LogP contribution in [0.4, 0.5) is 18.9 Å². The lowest BCUT2D eigenvalue weighted by atomic mass is 9.56. The summed E-state index contributed by atoms with van der Waals surface area (Å²) in [4.78, 5) is 52.5. The van der Waals surface area contributed by atoms with Crippen molar-refractivity contribution in [1.82, 2.24) is 4.90 Å². The van der Waals surface area contributed by atoms with E-state index in [1.165, 1.54) is 0 Å². The molecule has 0 bridgehead atoms. The van der Waals surface area contributed by atoms with E-state index in [0.29, 0.717) is 11.3 Å². The van der Waals surface area contributed by atoms with E-state index < -0.39 is 74.9 Å². The summed E-state index contributed by atoms with van der Waals surface area (Å²) in [5, 5.41) is 10.9. The molecule has 2 heterocycles. The van der Waals surface area contributed by atoms with Crippen molar-refractivity contribution >= 4 is 91.0 Å². The van der Waals surface area contributed by atoms with Crippen molar-refractivity contribution in [3.05, 3.63) is 63.2 Å². The van der Waals surface area contributed by atoms with E-state index in [9.17, 15) is 37.5 Å². The smallest absolute Gasteiger partial charge is 0.508 e. The van der Waals surface area contributed by atoms with Crippen LogP contribution in [0.2, 0.25) is 0 Å². The lowest BCUT2D eigenvalue weighted by Gasteiger charge is -2.50. The zero-order chi connectivity index (χ0) is 31.2. The Hall–Kier alpha value is -2.36. The number of likely N-dealkylation sites (tertiary alicyclic amines) is 1. The Morgan fingerprint density at radius 3 is 2.33 bits per heavy atom. The van der Waals surface area contributed by atoms with Gasteiger partial charge in [-0.3, -0.25) is 29.0 Å². The second-order valence-corrected chi connectivity index (χ2v) is 13.7. The second kappa shape index (κ2) is 10.3. The first-order valence-electron chi connectivity index (χ1n) is 12.9. The van der Waals surface area contributed by atoms with E-state index in [1.54, 1.807) is 30.3 Å². The van der Waals surface area contributed by atoms with Crippen molar-refractivity contribution < 1.29 is 42.2 Å². The fourth-order valence-corrected chi connectivity index (χ4v) is 8.68. The van der Waals surface area contributed by atoms with E-state index >= 15 is 0 Å². The van der Waals surface area contributed by atoms with Gasteiger partial charge >= 0.3 is 6.36 Å². The van der Waals surface area contributed by atoms with Crippen LogP contribution in [0.3, 0.4) is 0 Å². The second-order valence-electron chi connectivity index (χ2n) is 10.7. The van der Waals surface area contributed by atoms with Crippen molar-refractivity contribution in [3.63, 3.8) is 0 Å². The number of fused-ring (bicyclic) bond motifs is 4. The molecule has 6 rings (SSSR count). The van der Waals surface area contributed by atoms with Gasteiger partial charge in [-0.25, -0.2) is 0 Å². The van der Waals surface area contributed by atoms with Crippen LogP contribution in [0.5, 0.6) is 11.5 Å². The van der Waals surface area contributed by atoms with E-state index in [-0.39, 0.29) is 23.9 Å². The Morgan fingerprint density at radius 2 is 1.70 bits per heavy atom. The van der Waals surface area contributed by atoms with E-state index in [0.717, 1.165) is 31.6 Å². The lowest BCUT2D eigenvalue weighted by Crippen LogP contribution is -2.60. The van der Waals surface area contributed by atoms with Gasteiger partial charge in [-0.05, 0) is 83.8 Å². The number of halogens is 7. The fraction of sp³-hybridized carbons (Fsp3) is 0.357. The normalized spacial score (nSPS) is 32.0. The number of benzene rings is 2. The van der Waals surface area contributed by atoms with Crippen LogP contribution in [0, 0.1) is 21.3 Å². The number of hydrogen-bond acceptors (Lipinski definition) is 6. The van der Waals surface area contributed by atoms with Crippen LogP contribution in [0.25, 0.3) is 0 Å². The van der Waals surface area contributed by atoms with E-state index in [4.69, 9.17) is 23.2 Å². The number of phenolic OH excluding ortho intramolecular Hbond substituents is 1. The van der Waals surface area contributed by atoms with E-state index in [2.05, 4.69) is 43.3 Å². The third-order valence-electron chi connectivity index (χ3n) is 8.64. The number of nitrogens with zero attached hydrogens (tertiary/aromatic N) is 2. The molecule has 43 heavy (non-hydrogen) atoms. The predicted molar refractivity (Wildman–Crippen MR) is 160 cm³/mol. The molecule has 2 aliphatic heterocycles. The molecule has 15 heteroatoms. The molecule has 4 amide bonds. The van der Waals surface area contributed by atoms with Crippen molar-refractivity contribution in [2.75, 3.05) is 10.4 Å². The highest BCUT2D eigenvalue weighted by Crippen LogP contribution is 2.66. The number of carbonyl (C=O) groups is 4. The number of amides is 4. The number of rotatable bonds is 4. The molecule has 3 fully saturated rings. The molecule has 2 aromatic rings. The number of aromatic hydroxyl groups is 1. The number of hydrogen-bond donors (Lipinski definition) is 1. The molecule has 2 aromatic carbocycles. The minimum absolute atomic E-state index is 0.0461. The number of anilines is 1. The van der Waals surface area contributed by atoms with Crippen molar-refractivity contribution in [2.24, 2.45) is 17.8 Å². The lowest BCUT2D eigenvalue weighted by molar-refractivity contribution is -0.274. The number of imide groups is 2. The van der Waals surface area contributed by atoms with Gasteiger partial charge < -0.3 is 9.84 Å². The number of alkyl halides is 6. The first-order chi connectivity index (χ1) is 20.1. The summed E-state index contributed by atoms with van der Waals surface area (Å²) in [6.45, 7) is 0. The molecule has 1 N–H and O–H groups in total. The number of phenols is 1. The van der Waals surface area contributed by atoms with Crippen LogP contribution in [0.15, 0.2) is 54.1 Å². The SMILES string of the molecule is O=C1C2CC=C3C(CC4(Cl)C(=O)N(CBr)C(=O)C4(Cl)C3c3cc(OC(F)(F)F)ccc3O)C2C(=O)N1c1ccc(I)cc1. The Bertz CT molecular complexity index is 1620. The first kappa shape index (κ1) is 30.7. The molecule has 4 aliphatic rings. The monoisotopic (exact) mass is 812 g/mol. The highest BCUT2D eigenvalue weighted by molar-refractivity contribution is 14.1. The van der Waals surface area contributed by atoms with Gasteiger partial charge in [0.2, 0.25) is 11.8 Å². The van der Waals surface area contributed by atoms with Gasteiger partial charge in [-0.1, -0.05) is 27.6 Å². The summed E-state index contributed by atoms with van der Waals surface area (Å²) >= 11 is 19.4. The van der Waals surface area contributed by atoms with Gasteiger partial charge in [-0.15, -0.1) is 36.4 Å². The van der Waals surface area contributed by atoms with Gasteiger partial charge in [0.15, 0.2) is 9.75 Å². The van der Waals surface area contributed by atoms with Gasteiger partial charge in [-0.2, -0.15) is 0 Å². The quantitative estimate of drug-likeness (QED) is 0.138. The van der Waals surface area contributed by atoms with Gasteiger partial charge in [0.05, 0.1) is 23.0 Å². The van der Waals surface area contributed by atoms with Crippen molar-refractivity contribution in [1.29, 1.82) is 0 Å². The molecule has 8 nitrogen and oxygen atoms in total. The fourth-order valence-electron chi connectivity index (χ4n) is 6.90. The maximum Gasteiger partial charge on any atom is 0.573 e. The molecule has 1 saturated carbocycles. The molecule has 2 saturated heterocycles. The van der Waals surface area contributed by atoms with Crippen LogP contribution in [0.1, 0.15) is 24.3 Å². The largest absolute Gasteiger partial charge is 0.573 e. The molecule has 0 spiro atoms. The van der Waals surface area contributed by atoms with Gasteiger partial charge in [0, 0.05) is 15.1 Å². The zero-order valence-electron chi connectivity index (χ0n) is 21.6. The molecular formula is C28H19BrCl2F3IN2O6. The average Bonchev–Trinajstić information content (AvgIpc) is 3.27. The van der Waals surface area contributed by atoms with Crippen molar-refractivity contribution in [3.8, 4) is 11.5 Å². The minimum Gasteiger partial charge on any atom is -0.508 e. The molecule has 226 valence electrons. The highest BCUT2D eigenvalue weighted by atomic mass is 127. The van der Waals surface area contributed by atoms with Crippen LogP contribution in [-0.4, -0.2) is 55.2 Å². The molecular weight excluding hydrogens is 795 g/mol. The molecule has 2 aliphatic carbocycles. The third kappa shape index (κ3) is 4.43. The maximum absolute atomic E-state index is 14.0. The Balaban J connectivity index is 1.53. The van der Waals surface area contributed by atoms with Crippen molar-refractivity contribution in [2.45, 2.75) is 34.9 Å². The standard InChI is InChI=1S/C28H19BrCl2F3IN2O6/c29-11-36-24(41)26(30)10-18-15(6-7-16-20(18)23(40)37(22(16)39)13-3-1-12(35)2-4-13)21(27(26,31)25(36)42)17-9-14(5-8-19(17)38)43-28(32,33)34/h1-6,8-9,16,18,20-21,38H,7,10-11H2. The summed E-state index contributed by atoms with van der Waals surface area (Å²) < 4.78 is 44.4. The Labute approximate surface area is 274 Å². The number of allylic oxidation sites excluding steroid dienone is 2. The molecule has 6 unspecified atom stereocenters.